The van der Waals surface area contributed by atoms with Crippen molar-refractivity contribution >= 4 is 12.4 Å². The number of nitrogens with zero attached hydrogens (tertiary/aromatic N) is 1. The largest absolute Gasteiger partial charge is 0.326 e. The van der Waals surface area contributed by atoms with Crippen LogP contribution in [0.15, 0.2) is 42.0 Å². The molecule has 0 heterocycles. The first-order valence-electron chi connectivity index (χ1n) is 9.51. The molecule has 0 saturated heterocycles. The van der Waals surface area contributed by atoms with Gasteiger partial charge in [0.2, 0.25) is 0 Å². The molecular formula is C22H33ClN2. The molecule has 1 aliphatic carbocycles. The fourth-order valence-electron chi connectivity index (χ4n) is 4.04. The molecule has 2 atom stereocenters. The van der Waals surface area contributed by atoms with Crippen LogP contribution in [-0.4, -0.2) is 6.04 Å². The summed E-state index contributed by atoms with van der Waals surface area (Å²) in [4.78, 5) is 0. The van der Waals surface area contributed by atoms with Gasteiger partial charge in [-0.25, -0.2) is 0 Å². The molecule has 1 aliphatic rings. The van der Waals surface area contributed by atoms with E-state index in [9.17, 15) is 5.26 Å². The first-order valence-corrected chi connectivity index (χ1v) is 9.51. The zero-order valence-corrected chi connectivity index (χ0v) is 16.5. The topological polar surface area (TPSA) is 49.8 Å². The van der Waals surface area contributed by atoms with Crippen molar-refractivity contribution in [1.82, 2.24) is 0 Å². The van der Waals surface area contributed by atoms with Gasteiger partial charge in [-0.2, -0.15) is 5.26 Å². The molecule has 0 radical (unpaired) electrons. The van der Waals surface area contributed by atoms with Crippen molar-refractivity contribution in [3.05, 3.63) is 47.5 Å². The van der Waals surface area contributed by atoms with Crippen LogP contribution < -0.4 is 5.73 Å². The molecule has 0 amide bonds. The first kappa shape index (κ1) is 21.7. The zero-order valence-electron chi connectivity index (χ0n) is 15.7. The van der Waals surface area contributed by atoms with Crippen LogP contribution in [0.5, 0.6) is 0 Å². The molecule has 2 rings (SSSR count). The van der Waals surface area contributed by atoms with Crippen molar-refractivity contribution in [2.24, 2.45) is 11.7 Å². The Morgan fingerprint density at radius 1 is 1.16 bits per heavy atom. The van der Waals surface area contributed by atoms with Crippen molar-refractivity contribution in [2.45, 2.75) is 76.7 Å². The SMILES string of the molecule is CC(C)C(C#N)(c1ccccc1)C(N)CCCCC1=CCCCC1.Cl. The number of allylic oxidation sites excluding steroid dienone is 2. The predicted molar refractivity (Wildman–Crippen MR) is 109 cm³/mol. The van der Waals surface area contributed by atoms with Crippen LogP contribution >= 0.6 is 12.4 Å². The molecule has 1 aromatic rings. The summed E-state index contributed by atoms with van der Waals surface area (Å²) in [5.41, 5.74) is 8.68. The van der Waals surface area contributed by atoms with E-state index in [1.54, 1.807) is 5.57 Å². The maximum atomic E-state index is 9.99. The smallest absolute Gasteiger partial charge is 0.0995 e. The molecule has 0 saturated carbocycles. The maximum absolute atomic E-state index is 9.99. The number of hydrogen-bond donors (Lipinski definition) is 1. The standard InChI is InChI=1S/C22H32N2.ClH/c1-18(2)22(17-23,20-14-7-4-8-15-20)21(24)16-10-9-13-19-11-5-3-6-12-19;/h4,7-8,11,14-15,18,21H,3,5-6,9-10,12-13,16,24H2,1-2H3;1H. The molecular weight excluding hydrogens is 328 g/mol. The minimum Gasteiger partial charge on any atom is -0.326 e. The van der Waals surface area contributed by atoms with Crippen molar-refractivity contribution < 1.29 is 0 Å². The monoisotopic (exact) mass is 360 g/mol. The molecule has 2 N–H and O–H groups in total. The molecule has 1 aromatic carbocycles. The van der Waals surface area contributed by atoms with Gasteiger partial charge in [-0.15, -0.1) is 12.4 Å². The molecule has 2 nitrogen and oxygen atoms in total. The van der Waals surface area contributed by atoms with Crippen LogP contribution in [0.3, 0.4) is 0 Å². The van der Waals surface area contributed by atoms with Crippen LogP contribution in [0.1, 0.15) is 70.8 Å². The van der Waals surface area contributed by atoms with E-state index in [1.165, 1.54) is 38.5 Å². The average Bonchev–Trinajstić information content (AvgIpc) is 2.61. The molecule has 0 aliphatic heterocycles. The highest BCUT2D eigenvalue weighted by Gasteiger charge is 2.41. The summed E-state index contributed by atoms with van der Waals surface area (Å²) in [5, 5.41) is 9.99. The summed E-state index contributed by atoms with van der Waals surface area (Å²) in [5.74, 6) is 0.195. The van der Waals surface area contributed by atoms with Crippen LogP contribution in [0.25, 0.3) is 0 Å². The number of rotatable bonds is 8. The molecule has 0 aromatic heterocycles. The van der Waals surface area contributed by atoms with Crippen LogP contribution in [0.4, 0.5) is 0 Å². The lowest BCUT2D eigenvalue weighted by Crippen LogP contribution is -2.48. The Kier molecular flexibility index (Phi) is 9.25. The minimum atomic E-state index is -0.592. The van der Waals surface area contributed by atoms with E-state index >= 15 is 0 Å². The summed E-state index contributed by atoms with van der Waals surface area (Å²) in [6.07, 6.45) is 12.1. The highest BCUT2D eigenvalue weighted by atomic mass is 35.5. The predicted octanol–water partition coefficient (Wildman–Crippen LogP) is 5.91. The molecule has 0 bridgehead atoms. The molecule has 3 heteroatoms. The molecule has 0 fully saturated rings. The number of nitriles is 1. The number of benzene rings is 1. The normalized spacial score (nSPS) is 17.8. The van der Waals surface area contributed by atoms with E-state index in [0.29, 0.717) is 0 Å². The lowest BCUT2D eigenvalue weighted by molar-refractivity contribution is 0.307. The van der Waals surface area contributed by atoms with E-state index in [2.05, 4.69) is 38.1 Å². The summed E-state index contributed by atoms with van der Waals surface area (Å²) >= 11 is 0. The van der Waals surface area contributed by atoms with Crippen LogP contribution in [-0.2, 0) is 5.41 Å². The van der Waals surface area contributed by atoms with Crippen LogP contribution in [0, 0.1) is 17.2 Å². The second kappa shape index (κ2) is 10.6. The number of halogens is 1. The second-order valence-electron chi connectivity index (χ2n) is 7.46. The van der Waals surface area contributed by atoms with E-state index < -0.39 is 5.41 Å². The third kappa shape index (κ3) is 5.33. The Morgan fingerprint density at radius 3 is 2.44 bits per heavy atom. The van der Waals surface area contributed by atoms with Gasteiger partial charge < -0.3 is 5.73 Å². The average molecular weight is 361 g/mol. The van der Waals surface area contributed by atoms with Gasteiger partial charge in [-0.1, -0.05) is 62.2 Å². The quantitative estimate of drug-likeness (QED) is 0.462. The molecule has 25 heavy (non-hydrogen) atoms. The number of nitrogens with two attached hydrogens (primary N) is 1. The van der Waals surface area contributed by atoms with Gasteiger partial charge in [0, 0.05) is 6.04 Å². The third-order valence-corrected chi connectivity index (χ3v) is 5.58. The number of hydrogen-bond acceptors (Lipinski definition) is 2. The molecule has 138 valence electrons. The lowest BCUT2D eigenvalue weighted by Gasteiger charge is -2.37. The Bertz CT molecular complexity index is 573. The molecule has 0 spiro atoms. The van der Waals surface area contributed by atoms with E-state index in [1.807, 2.05) is 18.2 Å². The van der Waals surface area contributed by atoms with Gasteiger partial charge in [-0.3, -0.25) is 0 Å². The fraction of sp³-hybridized carbons (Fsp3) is 0.591. The Labute approximate surface area is 159 Å². The minimum absolute atomic E-state index is 0. The summed E-state index contributed by atoms with van der Waals surface area (Å²) in [6, 6.07) is 12.6. The zero-order chi connectivity index (χ0) is 17.4. The Balaban J connectivity index is 0.00000312. The Morgan fingerprint density at radius 2 is 1.88 bits per heavy atom. The van der Waals surface area contributed by atoms with Crippen molar-refractivity contribution in [3.8, 4) is 6.07 Å². The van der Waals surface area contributed by atoms with Crippen molar-refractivity contribution in [2.75, 3.05) is 0 Å². The third-order valence-electron chi connectivity index (χ3n) is 5.58. The summed E-state index contributed by atoms with van der Waals surface area (Å²) in [6.45, 7) is 4.23. The summed E-state index contributed by atoms with van der Waals surface area (Å²) in [7, 11) is 0. The van der Waals surface area contributed by atoms with Gasteiger partial charge in [0.05, 0.1) is 11.5 Å². The first-order chi connectivity index (χ1) is 11.6. The van der Waals surface area contributed by atoms with E-state index in [-0.39, 0.29) is 24.4 Å². The van der Waals surface area contributed by atoms with Gasteiger partial charge in [0.15, 0.2) is 0 Å². The maximum Gasteiger partial charge on any atom is 0.0995 e. The van der Waals surface area contributed by atoms with Crippen molar-refractivity contribution in [1.29, 1.82) is 5.26 Å². The van der Waals surface area contributed by atoms with E-state index in [0.717, 1.165) is 18.4 Å². The van der Waals surface area contributed by atoms with Gasteiger partial charge >= 0.3 is 0 Å². The van der Waals surface area contributed by atoms with E-state index in [4.69, 9.17) is 5.73 Å². The van der Waals surface area contributed by atoms with Crippen LogP contribution in [0.2, 0.25) is 0 Å². The lowest BCUT2D eigenvalue weighted by atomic mass is 9.66. The molecule has 2 unspecified atom stereocenters. The van der Waals surface area contributed by atoms with Gasteiger partial charge in [0.1, 0.15) is 0 Å². The summed E-state index contributed by atoms with van der Waals surface area (Å²) < 4.78 is 0. The van der Waals surface area contributed by atoms with Crippen molar-refractivity contribution in [3.63, 3.8) is 0 Å². The highest BCUT2D eigenvalue weighted by molar-refractivity contribution is 5.85. The van der Waals surface area contributed by atoms with Gasteiger partial charge in [-0.05, 0) is 56.4 Å². The van der Waals surface area contributed by atoms with Gasteiger partial charge in [0.25, 0.3) is 0 Å². The fourth-order valence-corrected chi connectivity index (χ4v) is 4.04. The Hall–Kier alpha value is -1.30. The highest BCUT2D eigenvalue weighted by Crippen LogP contribution is 2.36. The number of unbranched alkanes of at least 4 members (excludes halogenated alkanes) is 1. The second-order valence-corrected chi connectivity index (χ2v) is 7.46.